The number of hydrogen-bond donors (Lipinski definition) is 2. The van der Waals surface area contributed by atoms with Crippen molar-refractivity contribution < 1.29 is 37.0 Å². The largest absolute Gasteiger partial charge is 0.489 e. The predicted molar refractivity (Wildman–Crippen MR) is 111 cm³/mol. The fourth-order valence-corrected chi connectivity index (χ4v) is 3.69. The average Bonchev–Trinajstić information content (AvgIpc) is 2.72. The molecular weight excluding hydrogens is 467 g/mol. The van der Waals surface area contributed by atoms with Gasteiger partial charge in [-0.15, -0.1) is 0 Å². The Bertz CT molecular complexity index is 1310. The highest BCUT2D eigenvalue weighted by atomic mass is 35.5. The van der Waals surface area contributed by atoms with Gasteiger partial charge in [0.15, 0.2) is 11.0 Å². The minimum absolute atomic E-state index is 0.0284. The van der Waals surface area contributed by atoms with E-state index in [-0.39, 0.29) is 45.9 Å². The molecule has 3 aromatic rings. The molecule has 1 aliphatic carbocycles. The minimum atomic E-state index is -4.64. The number of alkyl halides is 3. The number of benzene rings is 2. The number of aliphatic carboxylic acids is 1. The van der Waals surface area contributed by atoms with Gasteiger partial charge in [0.2, 0.25) is 0 Å². The van der Waals surface area contributed by atoms with Crippen LogP contribution in [0.5, 0.6) is 5.75 Å². The molecule has 172 valence electrons. The SMILES string of the molecule is O=C(O)C(=O)NC1CC(Oc2cc(C(F)(F)F)ccc2-c2cc(=O)c3cccc(Cl)c3o2)C1. The average molecular weight is 482 g/mol. The third-order valence-electron chi connectivity index (χ3n) is 5.20. The van der Waals surface area contributed by atoms with Crippen LogP contribution in [0.2, 0.25) is 5.02 Å². The number of nitrogens with one attached hydrogen (secondary N) is 1. The molecule has 0 bridgehead atoms. The second kappa shape index (κ2) is 8.43. The number of fused-ring (bicyclic) bond motifs is 1. The maximum atomic E-state index is 13.3. The minimum Gasteiger partial charge on any atom is -0.489 e. The summed E-state index contributed by atoms with van der Waals surface area (Å²) in [6, 6.07) is 8.05. The molecule has 2 aromatic carbocycles. The number of carboxylic acid groups (broad SMARTS) is 1. The summed E-state index contributed by atoms with van der Waals surface area (Å²) in [4.78, 5) is 34.4. The standard InChI is InChI=1S/C22H15ClF3NO6/c23-15-3-1-2-13-16(28)9-18(33-19(13)15)14-5-4-10(22(24,25)26)6-17(14)32-12-7-11(8-12)27-20(29)21(30)31/h1-6,9,11-12H,7-8H2,(H,27,29)(H,30,31). The van der Waals surface area contributed by atoms with E-state index in [0.717, 1.165) is 24.3 Å². The van der Waals surface area contributed by atoms with Crippen molar-refractivity contribution in [3.63, 3.8) is 0 Å². The number of para-hydroxylation sites is 1. The first-order chi connectivity index (χ1) is 15.5. The lowest BCUT2D eigenvalue weighted by Gasteiger charge is -2.35. The Hall–Kier alpha value is -3.53. The van der Waals surface area contributed by atoms with Gasteiger partial charge >= 0.3 is 18.1 Å². The highest BCUT2D eigenvalue weighted by Crippen LogP contribution is 2.40. The zero-order chi connectivity index (χ0) is 23.9. The molecule has 0 unspecified atom stereocenters. The van der Waals surface area contributed by atoms with E-state index in [0.29, 0.717) is 0 Å². The van der Waals surface area contributed by atoms with E-state index >= 15 is 0 Å². The number of hydrogen-bond acceptors (Lipinski definition) is 5. The molecule has 1 aromatic heterocycles. The van der Waals surface area contributed by atoms with Gasteiger partial charge in [0, 0.05) is 24.9 Å². The molecule has 0 aliphatic heterocycles. The van der Waals surface area contributed by atoms with Gasteiger partial charge in [0.25, 0.3) is 0 Å². The van der Waals surface area contributed by atoms with Crippen molar-refractivity contribution in [1.82, 2.24) is 5.32 Å². The highest BCUT2D eigenvalue weighted by Gasteiger charge is 2.36. The highest BCUT2D eigenvalue weighted by molar-refractivity contribution is 6.34. The Kier molecular flexibility index (Phi) is 5.79. The number of ether oxygens (including phenoxy) is 1. The predicted octanol–water partition coefficient (Wildman–Crippen LogP) is 4.24. The summed E-state index contributed by atoms with van der Waals surface area (Å²) in [6.07, 6.45) is -4.83. The maximum absolute atomic E-state index is 13.3. The maximum Gasteiger partial charge on any atom is 0.416 e. The normalized spacial score (nSPS) is 17.9. The molecule has 0 saturated heterocycles. The fourth-order valence-electron chi connectivity index (χ4n) is 3.48. The van der Waals surface area contributed by atoms with Gasteiger partial charge in [-0.2, -0.15) is 13.2 Å². The van der Waals surface area contributed by atoms with Crippen LogP contribution in [0, 0.1) is 0 Å². The number of carbonyl (C=O) groups is 2. The van der Waals surface area contributed by atoms with Crippen LogP contribution in [0.1, 0.15) is 18.4 Å². The number of halogens is 4. The summed E-state index contributed by atoms with van der Waals surface area (Å²) in [7, 11) is 0. The second-order valence-corrected chi connectivity index (χ2v) is 7.89. The van der Waals surface area contributed by atoms with Crippen molar-refractivity contribution in [3.05, 3.63) is 63.3 Å². The molecule has 33 heavy (non-hydrogen) atoms. The molecule has 4 rings (SSSR count). The van der Waals surface area contributed by atoms with E-state index in [1.807, 2.05) is 0 Å². The van der Waals surface area contributed by atoms with Crippen molar-refractivity contribution in [1.29, 1.82) is 0 Å². The molecule has 0 atom stereocenters. The van der Waals surface area contributed by atoms with Gasteiger partial charge in [-0.05, 0) is 30.3 Å². The fraction of sp³-hybridized carbons (Fsp3) is 0.227. The molecule has 0 spiro atoms. The topological polar surface area (TPSA) is 106 Å². The lowest BCUT2D eigenvalue weighted by molar-refractivity contribution is -0.151. The summed E-state index contributed by atoms with van der Waals surface area (Å²) in [5.74, 6) is -3.01. The quantitative estimate of drug-likeness (QED) is 0.540. The van der Waals surface area contributed by atoms with E-state index in [2.05, 4.69) is 5.32 Å². The van der Waals surface area contributed by atoms with Gasteiger partial charge in [-0.25, -0.2) is 4.79 Å². The van der Waals surface area contributed by atoms with Gasteiger partial charge in [0.05, 0.1) is 21.5 Å². The van der Waals surface area contributed by atoms with E-state index in [1.165, 1.54) is 12.1 Å². The zero-order valence-corrected chi connectivity index (χ0v) is 17.4. The number of rotatable bonds is 4. The Morgan fingerprint density at radius 3 is 2.55 bits per heavy atom. The summed E-state index contributed by atoms with van der Waals surface area (Å²) in [5, 5.41) is 11.3. The first-order valence-electron chi connectivity index (χ1n) is 9.67. The molecule has 1 saturated carbocycles. The van der Waals surface area contributed by atoms with Crippen LogP contribution in [-0.2, 0) is 15.8 Å². The van der Waals surface area contributed by atoms with Gasteiger partial charge < -0.3 is 19.6 Å². The smallest absolute Gasteiger partial charge is 0.416 e. The summed E-state index contributed by atoms with van der Waals surface area (Å²) in [6.45, 7) is 0. The lowest BCUT2D eigenvalue weighted by Crippen LogP contribution is -2.50. The number of carbonyl (C=O) groups excluding carboxylic acids is 1. The third kappa shape index (κ3) is 4.65. The summed E-state index contributed by atoms with van der Waals surface area (Å²) < 4.78 is 51.4. The molecule has 11 heteroatoms. The van der Waals surface area contributed by atoms with Crippen LogP contribution < -0.4 is 15.5 Å². The van der Waals surface area contributed by atoms with Crippen molar-refractivity contribution in [2.45, 2.75) is 31.2 Å². The Morgan fingerprint density at radius 1 is 1.15 bits per heavy atom. The van der Waals surface area contributed by atoms with Gasteiger partial charge in [-0.1, -0.05) is 17.7 Å². The second-order valence-electron chi connectivity index (χ2n) is 7.49. The molecule has 1 aliphatic rings. The van der Waals surface area contributed by atoms with E-state index < -0.39 is 41.2 Å². The van der Waals surface area contributed by atoms with Crippen molar-refractivity contribution >= 4 is 34.4 Å². The van der Waals surface area contributed by atoms with Crippen LogP contribution in [0.25, 0.3) is 22.3 Å². The number of carboxylic acids is 1. The van der Waals surface area contributed by atoms with E-state index in [1.54, 1.807) is 6.07 Å². The van der Waals surface area contributed by atoms with Crippen LogP contribution in [-0.4, -0.2) is 29.1 Å². The first kappa shape index (κ1) is 22.7. The monoisotopic (exact) mass is 481 g/mol. The van der Waals surface area contributed by atoms with Crippen LogP contribution in [0.15, 0.2) is 51.7 Å². The Morgan fingerprint density at radius 2 is 1.88 bits per heavy atom. The lowest BCUT2D eigenvalue weighted by atomic mass is 9.89. The Labute approximate surface area is 188 Å². The Balaban J connectivity index is 1.68. The molecule has 1 amide bonds. The van der Waals surface area contributed by atoms with Crippen LogP contribution in [0.4, 0.5) is 13.2 Å². The van der Waals surface area contributed by atoms with E-state index in [9.17, 15) is 27.6 Å². The van der Waals surface area contributed by atoms with Crippen LogP contribution in [0.3, 0.4) is 0 Å². The molecule has 7 nitrogen and oxygen atoms in total. The molecule has 0 radical (unpaired) electrons. The third-order valence-corrected chi connectivity index (χ3v) is 5.50. The molecular formula is C22H15ClF3NO6. The van der Waals surface area contributed by atoms with E-state index in [4.69, 9.17) is 25.9 Å². The van der Waals surface area contributed by atoms with Crippen LogP contribution >= 0.6 is 11.6 Å². The molecule has 1 fully saturated rings. The summed E-state index contributed by atoms with van der Waals surface area (Å²) >= 11 is 6.12. The van der Waals surface area contributed by atoms with Gasteiger partial charge in [-0.3, -0.25) is 9.59 Å². The number of amides is 1. The molecule has 2 N–H and O–H groups in total. The molecule has 1 heterocycles. The summed E-state index contributed by atoms with van der Waals surface area (Å²) in [5.41, 5.74) is -1.19. The van der Waals surface area contributed by atoms with Crippen molar-refractivity contribution in [2.24, 2.45) is 0 Å². The van der Waals surface area contributed by atoms with Crippen molar-refractivity contribution in [3.8, 4) is 17.1 Å². The van der Waals surface area contributed by atoms with Crippen molar-refractivity contribution in [2.75, 3.05) is 0 Å². The zero-order valence-electron chi connectivity index (χ0n) is 16.6. The first-order valence-corrected chi connectivity index (χ1v) is 10.0. The van der Waals surface area contributed by atoms with Gasteiger partial charge in [0.1, 0.15) is 17.6 Å².